The Balaban J connectivity index is 1.94. The molecule has 9 heteroatoms. The highest BCUT2D eigenvalue weighted by Gasteiger charge is 2.19. The molecule has 0 aliphatic heterocycles. The number of aromatic nitrogens is 2. The lowest BCUT2D eigenvalue weighted by molar-refractivity contribution is 0.583. The molecule has 3 aromatic rings. The first kappa shape index (κ1) is 19.7. The highest BCUT2D eigenvalue weighted by atomic mass is 79.9. The minimum Gasteiger partial charge on any atom is -0.235 e. The van der Waals surface area contributed by atoms with E-state index < -0.39 is 15.8 Å². The van der Waals surface area contributed by atoms with Crippen molar-refractivity contribution < 1.29 is 12.8 Å². The summed E-state index contributed by atoms with van der Waals surface area (Å²) in [7, 11) is -3.68. The lowest BCUT2D eigenvalue weighted by atomic mass is 10.3. The van der Waals surface area contributed by atoms with Crippen LogP contribution in [-0.2, 0) is 9.84 Å². The Hall–Kier alpha value is -2.10. The maximum absolute atomic E-state index is 12.9. The second kappa shape index (κ2) is 8.28. The smallest absolute Gasteiger partial charge is 0.212 e. The number of aliphatic imine (C=N–C) groups is 1. The molecule has 0 fully saturated rings. The summed E-state index contributed by atoms with van der Waals surface area (Å²) in [5.41, 5.74) is 0.608. The fourth-order valence-electron chi connectivity index (χ4n) is 2.16. The minimum absolute atomic E-state index is 0.0940. The van der Waals surface area contributed by atoms with Gasteiger partial charge in [0.25, 0.3) is 0 Å². The number of thioether (sulfide) groups is 1. The standard InChI is InChI=1S/C18H13BrFN3O2S2/c1-26-16-8-15(27(24,25)14-5-3-13(19)4-6-14)11-23-18(16)22-10-12-2-7-17(20)21-9-12/h2-11H,1H3. The first-order valence-corrected chi connectivity index (χ1v) is 11.1. The highest BCUT2D eigenvalue weighted by Crippen LogP contribution is 2.30. The molecule has 0 N–H and O–H groups in total. The van der Waals surface area contributed by atoms with E-state index in [1.54, 1.807) is 18.2 Å². The van der Waals surface area contributed by atoms with Crippen molar-refractivity contribution in [3.8, 4) is 0 Å². The van der Waals surface area contributed by atoms with E-state index in [0.717, 1.165) is 4.47 Å². The third-order valence-electron chi connectivity index (χ3n) is 3.55. The molecule has 0 saturated heterocycles. The summed E-state index contributed by atoms with van der Waals surface area (Å²) in [6.07, 6.45) is 5.94. The van der Waals surface area contributed by atoms with E-state index in [2.05, 4.69) is 30.9 Å². The zero-order valence-electron chi connectivity index (χ0n) is 14.0. The monoisotopic (exact) mass is 465 g/mol. The van der Waals surface area contributed by atoms with E-state index in [4.69, 9.17) is 0 Å². The van der Waals surface area contributed by atoms with Gasteiger partial charge in [0.05, 0.1) is 14.7 Å². The molecule has 3 rings (SSSR count). The van der Waals surface area contributed by atoms with Gasteiger partial charge in [0.2, 0.25) is 15.8 Å². The van der Waals surface area contributed by atoms with Gasteiger partial charge in [-0.25, -0.2) is 23.4 Å². The molecule has 138 valence electrons. The van der Waals surface area contributed by atoms with E-state index in [1.807, 2.05) is 6.26 Å². The summed E-state index contributed by atoms with van der Waals surface area (Å²) >= 11 is 4.63. The van der Waals surface area contributed by atoms with Crippen LogP contribution in [0.3, 0.4) is 0 Å². The average molecular weight is 466 g/mol. The molecule has 0 bridgehead atoms. The molecule has 0 radical (unpaired) electrons. The van der Waals surface area contributed by atoms with Crippen LogP contribution < -0.4 is 0 Å². The third-order valence-corrected chi connectivity index (χ3v) is 6.55. The summed E-state index contributed by atoms with van der Waals surface area (Å²) in [6, 6.07) is 10.7. The van der Waals surface area contributed by atoms with Crippen molar-refractivity contribution in [3.05, 3.63) is 70.8 Å². The van der Waals surface area contributed by atoms with Gasteiger partial charge >= 0.3 is 0 Å². The van der Waals surface area contributed by atoms with Crippen LogP contribution in [0.5, 0.6) is 0 Å². The maximum atomic E-state index is 12.9. The van der Waals surface area contributed by atoms with Crippen LogP contribution in [0.25, 0.3) is 0 Å². The first-order valence-electron chi connectivity index (χ1n) is 7.60. The number of nitrogens with zero attached hydrogens (tertiary/aromatic N) is 3. The van der Waals surface area contributed by atoms with Gasteiger partial charge < -0.3 is 0 Å². The highest BCUT2D eigenvalue weighted by molar-refractivity contribution is 9.10. The van der Waals surface area contributed by atoms with Crippen molar-refractivity contribution >= 4 is 49.6 Å². The van der Waals surface area contributed by atoms with E-state index >= 15 is 0 Å². The summed E-state index contributed by atoms with van der Waals surface area (Å²) in [6.45, 7) is 0. The van der Waals surface area contributed by atoms with Gasteiger partial charge in [0.15, 0.2) is 5.82 Å². The van der Waals surface area contributed by atoms with Crippen molar-refractivity contribution in [1.29, 1.82) is 0 Å². The summed E-state index contributed by atoms with van der Waals surface area (Å²) in [4.78, 5) is 12.9. The molecule has 0 aliphatic carbocycles. The second-order valence-electron chi connectivity index (χ2n) is 5.33. The van der Waals surface area contributed by atoms with Gasteiger partial charge in [-0.15, -0.1) is 11.8 Å². The number of sulfone groups is 1. The molecule has 1 aromatic carbocycles. The quantitative estimate of drug-likeness (QED) is 0.310. The molecule has 27 heavy (non-hydrogen) atoms. The van der Waals surface area contributed by atoms with Crippen LogP contribution in [0.1, 0.15) is 5.56 Å². The summed E-state index contributed by atoms with van der Waals surface area (Å²) in [5, 5.41) is 0. The Morgan fingerprint density at radius 2 is 1.81 bits per heavy atom. The molecule has 0 unspecified atom stereocenters. The minimum atomic E-state index is -3.68. The molecule has 0 aliphatic rings. The fourth-order valence-corrected chi connectivity index (χ4v) is 4.27. The van der Waals surface area contributed by atoms with Crippen molar-refractivity contribution in [2.75, 3.05) is 6.26 Å². The fraction of sp³-hybridized carbons (Fsp3) is 0.0556. The zero-order valence-corrected chi connectivity index (χ0v) is 17.2. The van der Waals surface area contributed by atoms with Gasteiger partial charge in [0.1, 0.15) is 0 Å². The van der Waals surface area contributed by atoms with Gasteiger partial charge in [-0.05, 0) is 48.7 Å². The molecule has 0 saturated carbocycles. The third kappa shape index (κ3) is 4.60. The maximum Gasteiger partial charge on any atom is 0.212 e. The Morgan fingerprint density at radius 3 is 2.44 bits per heavy atom. The number of rotatable bonds is 5. The van der Waals surface area contributed by atoms with Gasteiger partial charge in [-0.1, -0.05) is 15.9 Å². The normalized spacial score (nSPS) is 11.8. The van der Waals surface area contributed by atoms with E-state index in [1.165, 1.54) is 54.6 Å². The van der Waals surface area contributed by atoms with Crippen molar-refractivity contribution in [2.45, 2.75) is 14.7 Å². The summed E-state index contributed by atoms with van der Waals surface area (Å²) in [5.74, 6) is -0.195. The molecular formula is C18H13BrFN3O2S2. The van der Waals surface area contributed by atoms with E-state index in [0.29, 0.717) is 16.3 Å². The zero-order chi connectivity index (χ0) is 19.4. The second-order valence-corrected chi connectivity index (χ2v) is 9.04. The lowest BCUT2D eigenvalue weighted by Crippen LogP contribution is -2.03. The first-order chi connectivity index (χ1) is 12.9. The number of halogens is 2. The molecule has 0 spiro atoms. The Morgan fingerprint density at radius 1 is 1.07 bits per heavy atom. The lowest BCUT2D eigenvalue weighted by Gasteiger charge is -2.08. The van der Waals surface area contributed by atoms with Crippen molar-refractivity contribution in [3.63, 3.8) is 0 Å². The molecule has 2 heterocycles. The Bertz CT molecular complexity index is 1090. The predicted octanol–water partition coefficient (Wildman–Crippen LogP) is 4.68. The van der Waals surface area contributed by atoms with Crippen LogP contribution in [0.4, 0.5) is 10.2 Å². The van der Waals surface area contributed by atoms with E-state index in [-0.39, 0.29) is 9.79 Å². The number of benzene rings is 1. The van der Waals surface area contributed by atoms with E-state index in [9.17, 15) is 12.8 Å². The van der Waals surface area contributed by atoms with Crippen LogP contribution in [0, 0.1) is 5.95 Å². The Labute approximate surface area is 168 Å². The molecule has 0 amide bonds. The van der Waals surface area contributed by atoms with Crippen molar-refractivity contribution in [2.24, 2.45) is 4.99 Å². The van der Waals surface area contributed by atoms with Crippen molar-refractivity contribution in [1.82, 2.24) is 9.97 Å². The Kier molecular flexibility index (Phi) is 6.03. The molecule has 5 nitrogen and oxygen atoms in total. The topological polar surface area (TPSA) is 72.3 Å². The van der Waals surface area contributed by atoms with Gasteiger partial charge in [-0.2, -0.15) is 4.39 Å². The van der Waals surface area contributed by atoms with Crippen LogP contribution in [0.15, 0.2) is 79.0 Å². The predicted molar refractivity (Wildman–Crippen MR) is 107 cm³/mol. The van der Waals surface area contributed by atoms with Gasteiger partial charge in [0, 0.05) is 28.6 Å². The van der Waals surface area contributed by atoms with Crippen LogP contribution in [0.2, 0.25) is 0 Å². The molecular weight excluding hydrogens is 453 g/mol. The molecule has 2 aromatic heterocycles. The SMILES string of the molecule is CSc1cc(S(=O)(=O)c2ccc(Br)cc2)cnc1N=Cc1ccc(F)nc1. The number of hydrogen-bond acceptors (Lipinski definition) is 6. The number of hydrogen-bond donors (Lipinski definition) is 0. The largest absolute Gasteiger partial charge is 0.235 e. The average Bonchev–Trinajstić information content (AvgIpc) is 2.67. The van der Waals surface area contributed by atoms with Crippen LogP contribution >= 0.6 is 27.7 Å². The van der Waals surface area contributed by atoms with Gasteiger partial charge in [-0.3, -0.25) is 0 Å². The molecule has 0 atom stereocenters. The summed E-state index contributed by atoms with van der Waals surface area (Å²) < 4.78 is 39.2. The number of pyridine rings is 2. The van der Waals surface area contributed by atoms with Crippen LogP contribution in [-0.4, -0.2) is 30.9 Å².